The Morgan fingerprint density at radius 2 is 1.90 bits per heavy atom. The second kappa shape index (κ2) is 5.66. The Hall–Kier alpha value is -2.20. The number of benzene rings is 2. The third-order valence-electron chi connectivity index (χ3n) is 3.76. The SMILES string of the molecule is CCC(N)[C@@H]1N=c2ccccc2=CN1c1ccccc1F. The molecule has 0 saturated heterocycles. The smallest absolute Gasteiger partial charge is 0.146 e. The predicted molar refractivity (Wildman–Crippen MR) is 82.6 cm³/mol. The van der Waals surface area contributed by atoms with Crippen molar-refractivity contribution in [1.29, 1.82) is 0 Å². The molecule has 0 bridgehead atoms. The van der Waals surface area contributed by atoms with E-state index in [1.54, 1.807) is 12.1 Å². The normalized spacial score (nSPS) is 18.4. The molecule has 1 aliphatic rings. The zero-order valence-corrected chi connectivity index (χ0v) is 11.9. The average molecular weight is 283 g/mol. The van der Waals surface area contributed by atoms with Crippen LogP contribution in [0.4, 0.5) is 10.1 Å². The molecule has 0 saturated carbocycles. The van der Waals surface area contributed by atoms with E-state index in [-0.39, 0.29) is 18.0 Å². The number of para-hydroxylation sites is 2. The summed E-state index contributed by atoms with van der Waals surface area (Å²) >= 11 is 0. The van der Waals surface area contributed by atoms with Crippen LogP contribution in [0.1, 0.15) is 13.3 Å². The summed E-state index contributed by atoms with van der Waals surface area (Å²) < 4.78 is 14.1. The first-order valence-corrected chi connectivity index (χ1v) is 7.14. The van der Waals surface area contributed by atoms with Gasteiger partial charge in [0, 0.05) is 17.5 Å². The molecule has 0 spiro atoms. The lowest BCUT2D eigenvalue weighted by Crippen LogP contribution is -2.50. The van der Waals surface area contributed by atoms with Crippen molar-refractivity contribution in [2.45, 2.75) is 25.6 Å². The molecule has 2 N–H and O–H groups in total. The van der Waals surface area contributed by atoms with Gasteiger partial charge in [0.25, 0.3) is 0 Å². The van der Waals surface area contributed by atoms with Gasteiger partial charge in [-0.1, -0.05) is 37.3 Å². The van der Waals surface area contributed by atoms with Crippen LogP contribution in [0, 0.1) is 5.82 Å². The molecule has 0 amide bonds. The first-order valence-electron chi connectivity index (χ1n) is 7.14. The highest BCUT2D eigenvalue weighted by atomic mass is 19.1. The largest absolute Gasteiger partial charge is 0.324 e. The number of hydrogen-bond acceptors (Lipinski definition) is 3. The molecule has 3 rings (SSSR count). The molecule has 3 nitrogen and oxygen atoms in total. The molecule has 1 aliphatic heterocycles. The summed E-state index contributed by atoms with van der Waals surface area (Å²) in [5.41, 5.74) is 6.71. The van der Waals surface area contributed by atoms with Crippen LogP contribution >= 0.6 is 0 Å². The zero-order valence-electron chi connectivity index (χ0n) is 11.9. The van der Waals surface area contributed by atoms with Crippen LogP contribution in [0.15, 0.2) is 53.5 Å². The molecule has 108 valence electrons. The van der Waals surface area contributed by atoms with Crippen molar-refractivity contribution in [3.8, 4) is 0 Å². The van der Waals surface area contributed by atoms with Gasteiger partial charge in [-0.25, -0.2) is 4.39 Å². The minimum absolute atomic E-state index is 0.158. The van der Waals surface area contributed by atoms with E-state index in [0.717, 1.165) is 17.0 Å². The summed E-state index contributed by atoms with van der Waals surface area (Å²) in [5, 5.41) is 1.87. The maximum Gasteiger partial charge on any atom is 0.146 e. The van der Waals surface area contributed by atoms with Crippen LogP contribution in [-0.2, 0) is 0 Å². The van der Waals surface area contributed by atoms with Crippen LogP contribution in [0.3, 0.4) is 0 Å². The lowest BCUT2D eigenvalue weighted by Gasteiger charge is -2.33. The highest BCUT2D eigenvalue weighted by Crippen LogP contribution is 2.24. The van der Waals surface area contributed by atoms with Crippen LogP contribution in [-0.4, -0.2) is 12.2 Å². The number of anilines is 1. The van der Waals surface area contributed by atoms with Crippen molar-refractivity contribution in [2.24, 2.45) is 10.7 Å². The van der Waals surface area contributed by atoms with Gasteiger partial charge in [0.2, 0.25) is 0 Å². The summed E-state index contributed by atoms with van der Waals surface area (Å²) in [6.07, 6.45) is 2.41. The summed E-state index contributed by atoms with van der Waals surface area (Å²) in [5.74, 6) is -0.267. The second-order valence-electron chi connectivity index (χ2n) is 5.16. The van der Waals surface area contributed by atoms with Gasteiger partial charge in [0.05, 0.1) is 11.0 Å². The molecule has 0 fully saturated rings. The summed E-state index contributed by atoms with van der Waals surface area (Å²) in [4.78, 5) is 6.56. The van der Waals surface area contributed by atoms with E-state index in [1.165, 1.54) is 6.07 Å². The van der Waals surface area contributed by atoms with E-state index in [0.29, 0.717) is 5.69 Å². The van der Waals surface area contributed by atoms with E-state index < -0.39 is 0 Å². The number of rotatable bonds is 3. The number of halogens is 1. The third-order valence-corrected chi connectivity index (χ3v) is 3.76. The van der Waals surface area contributed by atoms with Crippen LogP contribution < -0.4 is 21.2 Å². The quantitative estimate of drug-likeness (QED) is 0.932. The van der Waals surface area contributed by atoms with Crippen molar-refractivity contribution in [2.75, 3.05) is 4.90 Å². The molecule has 1 heterocycles. The topological polar surface area (TPSA) is 41.6 Å². The summed E-state index contributed by atoms with van der Waals surface area (Å²) in [7, 11) is 0. The Morgan fingerprint density at radius 3 is 2.67 bits per heavy atom. The Kier molecular flexibility index (Phi) is 3.71. The van der Waals surface area contributed by atoms with Crippen molar-refractivity contribution in [3.63, 3.8) is 0 Å². The van der Waals surface area contributed by atoms with Crippen LogP contribution in [0.2, 0.25) is 0 Å². The molecular weight excluding hydrogens is 265 g/mol. The molecule has 0 radical (unpaired) electrons. The van der Waals surface area contributed by atoms with E-state index in [2.05, 4.69) is 0 Å². The van der Waals surface area contributed by atoms with Crippen molar-refractivity contribution < 1.29 is 4.39 Å². The molecule has 0 aromatic heterocycles. The van der Waals surface area contributed by atoms with E-state index in [1.807, 2.05) is 48.4 Å². The van der Waals surface area contributed by atoms with Crippen molar-refractivity contribution in [3.05, 3.63) is 64.9 Å². The first-order chi connectivity index (χ1) is 10.2. The number of nitrogens with two attached hydrogens (primary N) is 1. The highest BCUT2D eigenvalue weighted by molar-refractivity contribution is 5.61. The maximum atomic E-state index is 14.1. The molecule has 21 heavy (non-hydrogen) atoms. The predicted octanol–water partition coefficient (Wildman–Crippen LogP) is 1.77. The summed E-state index contributed by atoms with van der Waals surface area (Å²) in [6, 6.07) is 14.4. The van der Waals surface area contributed by atoms with Gasteiger partial charge in [-0.05, 0) is 24.6 Å². The minimum Gasteiger partial charge on any atom is -0.324 e. The fourth-order valence-electron chi connectivity index (χ4n) is 2.53. The maximum absolute atomic E-state index is 14.1. The zero-order chi connectivity index (χ0) is 14.8. The standard InChI is InChI=1S/C17H18FN3/c1-2-14(19)17-20-15-9-5-3-7-12(15)11-21(17)16-10-6-4-8-13(16)18/h3-11,14,17H,2,19H2,1H3/t14?,17-/m1/s1. The molecule has 2 atom stereocenters. The van der Waals surface area contributed by atoms with Gasteiger partial charge in [-0.15, -0.1) is 0 Å². The van der Waals surface area contributed by atoms with Crippen LogP contribution in [0.5, 0.6) is 0 Å². The number of hydrogen-bond donors (Lipinski definition) is 1. The molecule has 2 aromatic carbocycles. The lowest BCUT2D eigenvalue weighted by atomic mass is 10.1. The molecule has 0 aliphatic carbocycles. The summed E-state index contributed by atoms with van der Waals surface area (Å²) in [6.45, 7) is 2.01. The van der Waals surface area contributed by atoms with Gasteiger partial charge >= 0.3 is 0 Å². The van der Waals surface area contributed by atoms with Crippen molar-refractivity contribution >= 4 is 11.9 Å². The average Bonchev–Trinajstić information content (AvgIpc) is 2.53. The fraction of sp³-hybridized carbons (Fsp3) is 0.235. The fourth-order valence-corrected chi connectivity index (χ4v) is 2.53. The van der Waals surface area contributed by atoms with Gasteiger partial charge < -0.3 is 10.6 Å². The van der Waals surface area contributed by atoms with E-state index in [9.17, 15) is 4.39 Å². The van der Waals surface area contributed by atoms with Gasteiger partial charge in [-0.3, -0.25) is 4.99 Å². The van der Waals surface area contributed by atoms with Crippen molar-refractivity contribution in [1.82, 2.24) is 0 Å². The number of fused-ring (bicyclic) bond motifs is 1. The number of nitrogens with zero attached hydrogens (tertiary/aromatic N) is 2. The monoisotopic (exact) mass is 283 g/mol. The molecule has 2 aromatic rings. The van der Waals surface area contributed by atoms with Crippen LogP contribution in [0.25, 0.3) is 6.20 Å². The molecule has 4 heteroatoms. The van der Waals surface area contributed by atoms with Gasteiger partial charge in [0.15, 0.2) is 0 Å². The lowest BCUT2D eigenvalue weighted by molar-refractivity contribution is 0.504. The van der Waals surface area contributed by atoms with Gasteiger partial charge in [0.1, 0.15) is 12.0 Å². The minimum atomic E-state index is -0.290. The Morgan fingerprint density at radius 1 is 1.19 bits per heavy atom. The Bertz CT molecular complexity index is 757. The first kappa shape index (κ1) is 13.8. The molecule has 1 unspecified atom stereocenters. The van der Waals surface area contributed by atoms with Gasteiger partial charge in [-0.2, -0.15) is 0 Å². The second-order valence-corrected chi connectivity index (χ2v) is 5.16. The van der Waals surface area contributed by atoms with E-state index >= 15 is 0 Å². The Labute approximate surface area is 123 Å². The Balaban J connectivity index is 2.17. The van der Waals surface area contributed by atoms with E-state index in [4.69, 9.17) is 10.7 Å². The third kappa shape index (κ3) is 2.54. The highest BCUT2D eigenvalue weighted by Gasteiger charge is 2.25. The molecular formula is C17H18FN3.